The second kappa shape index (κ2) is 6.94. The normalized spacial score (nSPS) is 11.3. The third kappa shape index (κ3) is 3.28. The molecule has 0 saturated carbocycles. The molecular weight excluding hydrogens is 286 g/mol. The molecule has 1 aromatic heterocycles. The molecule has 0 bridgehead atoms. The summed E-state index contributed by atoms with van der Waals surface area (Å²) >= 11 is 0. The van der Waals surface area contributed by atoms with Gasteiger partial charge in [-0.3, -0.25) is 0 Å². The van der Waals surface area contributed by atoms with Crippen LogP contribution in [0.4, 0.5) is 0 Å². The van der Waals surface area contributed by atoms with Gasteiger partial charge >= 0.3 is 0 Å². The van der Waals surface area contributed by atoms with Gasteiger partial charge in [-0.2, -0.15) is 0 Å². The van der Waals surface area contributed by atoms with Gasteiger partial charge in [-0.25, -0.2) is 4.98 Å². The molecule has 0 aliphatic carbocycles. The minimum atomic E-state index is 0.550. The molecule has 2 aromatic carbocycles. The van der Waals surface area contributed by atoms with Gasteiger partial charge in [0.15, 0.2) is 0 Å². The molecule has 0 aliphatic heterocycles. The van der Waals surface area contributed by atoms with E-state index in [9.17, 15) is 0 Å². The smallest absolute Gasteiger partial charge is 0.141 e. The zero-order valence-electron chi connectivity index (χ0n) is 13.7. The van der Waals surface area contributed by atoms with Crippen LogP contribution in [0.25, 0.3) is 22.4 Å². The van der Waals surface area contributed by atoms with Crippen molar-refractivity contribution in [1.29, 1.82) is 0 Å². The number of nitrogens with zero attached hydrogens (tertiary/aromatic N) is 2. The van der Waals surface area contributed by atoms with Crippen molar-refractivity contribution in [2.45, 2.75) is 20.4 Å². The first-order chi connectivity index (χ1) is 11.2. The van der Waals surface area contributed by atoms with Gasteiger partial charge in [-0.15, -0.1) is 0 Å². The van der Waals surface area contributed by atoms with E-state index in [1.54, 1.807) is 0 Å². The molecule has 4 nitrogen and oxygen atoms in total. The molecule has 1 heterocycles. The van der Waals surface area contributed by atoms with Crippen LogP contribution in [0, 0.1) is 13.8 Å². The number of aromatic nitrogens is 2. The van der Waals surface area contributed by atoms with E-state index in [2.05, 4.69) is 48.7 Å². The molecule has 0 radical (unpaired) electrons. The van der Waals surface area contributed by atoms with E-state index in [0.717, 1.165) is 29.0 Å². The van der Waals surface area contributed by atoms with Crippen LogP contribution >= 0.6 is 0 Å². The van der Waals surface area contributed by atoms with Gasteiger partial charge < -0.3 is 15.0 Å². The molecule has 0 saturated heterocycles. The average Bonchev–Trinajstić information content (AvgIpc) is 2.93. The Labute approximate surface area is 136 Å². The Kier molecular flexibility index (Phi) is 4.74. The summed E-state index contributed by atoms with van der Waals surface area (Å²) < 4.78 is 7.80. The summed E-state index contributed by atoms with van der Waals surface area (Å²) in [6.45, 7) is 6.80. The fourth-order valence-corrected chi connectivity index (χ4v) is 2.74. The van der Waals surface area contributed by atoms with Gasteiger partial charge in [-0.05, 0) is 43.2 Å². The number of benzene rings is 2. The zero-order valence-corrected chi connectivity index (χ0v) is 13.7. The molecule has 23 heavy (non-hydrogen) atoms. The summed E-state index contributed by atoms with van der Waals surface area (Å²) in [7, 11) is 0. The third-order valence-corrected chi connectivity index (χ3v) is 4.14. The summed E-state index contributed by atoms with van der Waals surface area (Å²) in [5.74, 6) is 0.991. The molecule has 3 rings (SSSR count). The highest BCUT2D eigenvalue weighted by molar-refractivity contribution is 5.80. The maximum Gasteiger partial charge on any atom is 0.141 e. The molecule has 0 aliphatic rings. The molecule has 0 spiro atoms. The van der Waals surface area contributed by atoms with Crippen LogP contribution in [0.3, 0.4) is 0 Å². The monoisotopic (exact) mass is 309 g/mol. The average molecular weight is 309 g/mol. The van der Waals surface area contributed by atoms with Gasteiger partial charge in [0, 0.05) is 18.7 Å². The van der Waals surface area contributed by atoms with Crippen molar-refractivity contribution in [3.8, 4) is 11.4 Å². The van der Waals surface area contributed by atoms with E-state index >= 15 is 0 Å². The molecular formula is C19H23N3O. The number of fused-ring (bicyclic) bond motifs is 1. The maximum atomic E-state index is 5.57. The van der Waals surface area contributed by atoms with Crippen molar-refractivity contribution in [3.05, 3.63) is 53.6 Å². The lowest BCUT2D eigenvalue weighted by Gasteiger charge is -2.11. The second-order valence-electron chi connectivity index (χ2n) is 5.78. The molecule has 0 unspecified atom stereocenters. The Balaban J connectivity index is 2.02. The first-order valence-corrected chi connectivity index (χ1v) is 8.01. The zero-order chi connectivity index (χ0) is 16.2. The number of hydrogen-bond donors (Lipinski definition) is 1. The largest absolute Gasteiger partial charge is 0.378 e. The highest BCUT2D eigenvalue weighted by Gasteiger charge is 2.12. The molecule has 120 valence electrons. The number of para-hydroxylation sites is 2. The van der Waals surface area contributed by atoms with Crippen LogP contribution in [-0.4, -0.2) is 29.3 Å². The van der Waals surface area contributed by atoms with Crippen molar-refractivity contribution >= 4 is 11.0 Å². The Morgan fingerprint density at radius 2 is 1.87 bits per heavy atom. The predicted octanol–water partition coefficient (Wildman–Crippen LogP) is 3.30. The van der Waals surface area contributed by atoms with Crippen molar-refractivity contribution in [3.63, 3.8) is 0 Å². The van der Waals surface area contributed by atoms with Crippen LogP contribution in [-0.2, 0) is 11.3 Å². The number of hydrogen-bond acceptors (Lipinski definition) is 3. The Bertz CT molecular complexity index is 807. The van der Waals surface area contributed by atoms with Crippen molar-refractivity contribution < 1.29 is 4.74 Å². The standard InChI is InChI=1S/C19H23N3O/c1-14-7-8-16(13-15(14)2)19-21-17-5-3-4-6-18(17)22(19)10-12-23-11-9-20/h3-8,13H,9-12,20H2,1-2H3. The molecule has 2 N–H and O–H groups in total. The molecule has 4 heteroatoms. The first-order valence-electron chi connectivity index (χ1n) is 8.01. The van der Waals surface area contributed by atoms with E-state index in [1.807, 2.05) is 12.1 Å². The number of rotatable bonds is 6. The Morgan fingerprint density at radius 1 is 1.04 bits per heavy atom. The van der Waals surface area contributed by atoms with E-state index in [0.29, 0.717) is 19.8 Å². The molecule has 0 atom stereocenters. The fraction of sp³-hybridized carbons (Fsp3) is 0.316. The van der Waals surface area contributed by atoms with Gasteiger partial charge in [0.2, 0.25) is 0 Å². The lowest BCUT2D eigenvalue weighted by Crippen LogP contribution is -2.13. The van der Waals surface area contributed by atoms with E-state index in [1.165, 1.54) is 11.1 Å². The highest BCUT2D eigenvalue weighted by atomic mass is 16.5. The lowest BCUT2D eigenvalue weighted by molar-refractivity contribution is 0.134. The van der Waals surface area contributed by atoms with Gasteiger partial charge in [0.1, 0.15) is 5.82 Å². The van der Waals surface area contributed by atoms with Crippen molar-refractivity contribution in [1.82, 2.24) is 9.55 Å². The maximum absolute atomic E-state index is 5.57. The minimum absolute atomic E-state index is 0.550. The first kappa shape index (κ1) is 15.7. The summed E-state index contributed by atoms with van der Waals surface area (Å²) in [4.78, 5) is 4.84. The predicted molar refractivity (Wildman–Crippen MR) is 94.5 cm³/mol. The van der Waals surface area contributed by atoms with Crippen LogP contribution in [0.15, 0.2) is 42.5 Å². The number of nitrogens with two attached hydrogens (primary N) is 1. The van der Waals surface area contributed by atoms with Gasteiger partial charge in [0.05, 0.1) is 24.2 Å². The van der Waals surface area contributed by atoms with Crippen LogP contribution in [0.5, 0.6) is 0 Å². The van der Waals surface area contributed by atoms with Crippen molar-refractivity contribution in [2.75, 3.05) is 19.8 Å². The second-order valence-corrected chi connectivity index (χ2v) is 5.78. The highest BCUT2D eigenvalue weighted by Crippen LogP contribution is 2.26. The van der Waals surface area contributed by atoms with Crippen LogP contribution in [0.2, 0.25) is 0 Å². The van der Waals surface area contributed by atoms with E-state index < -0.39 is 0 Å². The summed E-state index contributed by atoms with van der Waals surface area (Å²) in [6.07, 6.45) is 0. The number of ether oxygens (including phenoxy) is 1. The van der Waals surface area contributed by atoms with E-state index in [4.69, 9.17) is 15.5 Å². The van der Waals surface area contributed by atoms with Crippen LogP contribution < -0.4 is 5.73 Å². The Hall–Kier alpha value is -2.17. The number of imidazole rings is 1. The van der Waals surface area contributed by atoms with Gasteiger partial charge in [0.25, 0.3) is 0 Å². The molecule has 0 fully saturated rings. The molecule has 3 aromatic rings. The topological polar surface area (TPSA) is 53.1 Å². The van der Waals surface area contributed by atoms with Crippen molar-refractivity contribution in [2.24, 2.45) is 5.73 Å². The number of aryl methyl sites for hydroxylation is 2. The lowest BCUT2D eigenvalue weighted by atomic mass is 10.1. The third-order valence-electron chi connectivity index (χ3n) is 4.14. The molecule has 0 amide bonds. The van der Waals surface area contributed by atoms with E-state index in [-0.39, 0.29) is 0 Å². The summed E-state index contributed by atoms with van der Waals surface area (Å²) in [5, 5.41) is 0. The Morgan fingerprint density at radius 3 is 2.65 bits per heavy atom. The van der Waals surface area contributed by atoms with Gasteiger partial charge in [-0.1, -0.05) is 24.3 Å². The fourth-order valence-electron chi connectivity index (χ4n) is 2.74. The van der Waals surface area contributed by atoms with Crippen LogP contribution in [0.1, 0.15) is 11.1 Å². The quantitative estimate of drug-likeness (QED) is 0.711. The summed E-state index contributed by atoms with van der Waals surface area (Å²) in [6, 6.07) is 14.7. The minimum Gasteiger partial charge on any atom is -0.378 e. The summed E-state index contributed by atoms with van der Waals surface area (Å²) in [5.41, 5.74) is 11.3. The SMILES string of the molecule is Cc1ccc(-c2nc3ccccc3n2CCOCCN)cc1C.